The van der Waals surface area contributed by atoms with Crippen molar-refractivity contribution in [1.82, 2.24) is 10.2 Å². The Kier molecular flexibility index (Phi) is 5.66. The Labute approximate surface area is 146 Å². The van der Waals surface area contributed by atoms with Crippen molar-refractivity contribution < 1.29 is 18.4 Å². The van der Waals surface area contributed by atoms with E-state index < -0.39 is 11.6 Å². The van der Waals surface area contributed by atoms with Crippen molar-refractivity contribution in [3.8, 4) is 0 Å². The normalized spacial score (nSPS) is 20.9. The van der Waals surface area contributed by atoms with Gasteiger partial charge in [0.15, 0.2) is 0 Å². The molecular weight excluding hydrogens is 326 g/mol. The van der Waals surface area contributed by atoms with E-state index in [1.807, 2.05) is 4.90 Å². The molecule has 1 aliphatic heterocycles. The van der Waals surface area contributed by atoms with Crippen molar-refractivity contribution in [2.24, 2.45) is 5.92 Å². The highest BCUT2D eigenvalue weighted by Gasteiger charge is 2.32. The van der Waals surface area contributed by atoms with E-state index in [0.29, 0.717) is 13.1 Å². The summed E-state index contributed by atoms with van der Waals surface area (Å²) in [6.45, 7) is 1.23. The predicted molar refractivity (Wildman–Crippen MR) is 89.8 cm³/mol. The first-order valence-electron chi connectivity index (χ1n) is 9.05. The number of nitrogens with zero attached hydrogens (tertiary/aromatic N) is 1. The van der Waals surface area contributed by atoms with Crippen LogP contribution in [0.2, 0.25) is 0 Å². The van der Waals surface area contributed by atoms with Crippen molar-refractivity contribution >= 4 is 11.8 Å². The van der Waals surface area contributed by atoms with Crippen molar-refractivity contribution in [2.75, 3.05) is 13.1 Å². The summed E-state index contributed by atoms with van der Waals surface area (Å²) in [6.07, 6.45) is 5.22. The van der Waals surface area contributed by atoms with Gasteiger partial charge in [0.2, 0.25) is 11.8 Å². The molecular formula is C19H24F2N2O2. The number of aryl methyl sites for hydroxylation is 1. The van der Waals surface area contributed by atoms with Gasteiger partial charge in [-0.25, -0.2) is 8.78 Å². The first-order valence-corrected chi connectivity index (χ1v) is 9.05. The summed E-state index contributed by atoms with van der Waals surface area (Å²) in [5, 5.41) is 2.91. The zero-order chi connectivity index (χ0) is 17.8. The van der Waals surface area contributed by atoms with Crippen LogP contribution in [0.1, 0.15) is 44.1 Å². The van der Waals surface area contributed by atoms with Crippen LogP contribution >= 0.6 is 0 Å². The van der Waals surface area contributed by atoms with Gasteiger partial charge in [0.05, 0.1) is 0 Å². The van der Waals surface area contributed by atoms with Crippen LogP contribution in [0, 0.1) is 17.6 Å². The molecule has 1 saturated heterocycles. The van der Waals surface area contributed by atoms with E-state index >= 15 is 0 Å². The van der Waals surface area contributed by atoms with E-state index in [0.717, 1.165) is 50.3 Å². The maximum absolute atomic E-state index is 13.6. The number of carbonyl (C=O) groups is 2. The molecule has 1 aromatic carbocycles. The number of benzene rings is 1. The Bertz CT molecular complexity index is 644. The molecule has 1 aliphatic carbocycles. The lowest BCUT2D eigenvalue weighted by atomic mass is 10.1. The first-order chi connectivity index (χ1) is 12.0. The largest absolute Gasteiger partial charge is 0.352 e. The van der Waals surface area contributed by atoms with E-state index in [1.54, 1.807) is 0 Å². The van der Waals surface area contributed by atoms with Crippen LogP contribution in [-0.4, -0.2) is 35.8 Å². The second kappa shape index (κ2) is 7.93. The van der Waals surface area contributed by atoms with E-state index in [9.17, 15) is 18.4 Å². The molecule has 2 fully saturated rings. The van der Waals surface area contributed by atoms with E-state index in [1.165, 1.54) is 0 Å². The lowest BCUT2D eigenvalue weighted by Crippen LogP contribution is -2.39. The molecule has 1 N–H and O–H groups in total. The summed E-state index contributed by atoms with van der Waals surface area (Å²) in [4.78, 5) is 26.3. The topological polar surface area (TPSA) is 49.4 Å². The Morgan fingerprint density at radius 1 is 1.16 bits per heavy atom. The third-order valence-electron chi connectivity index (χ3n) is 5.20. The van der Waals surface area contributed by atoms with Crippen LogP contribution < -0.4 is 5.32 Å². The van der Waals surface area contributed by atoms with Crippen molar-refractivity contribution in [2.45, 2.75) is 51.0 Å². The Balaban J connectivity index is 1.44. The van der Waals surface area contributed by atoms with Crippen LogP contribution in [0.3, 0.4) is 0 Å². The number of nitrogens with one attached hydrogen (secondary N) is 1. The lowest BCUT2D eigenvalue weighted by molar-refractivity contribution is -0.134. The maximum Gasteiger partial charge on any atom is 0.225 e. The quantitative estimate of drug-likeness (QED) is 0.888. The monoisotopic (exact) mass is 350 g/mol. The molecule has 1 aromatic rings. The smallest absolute Gasteiger partial charge is 0.225 e. The summed E-state index contributed by atoms with van der Waals surface area (Å²) in [7, 11) is 0. The molecule has 1 unspecified atom stereocenters. The predicted octanol–water partition coefficient (Wildman–Crippen LogP) is 2.80. The van der Waals surface area contributed by atoms with E-state index in [-0.39, 0.29) is 42.2 Å². The van der Waals surface area contributed by atoms with Gasteiger partial charge in [-0.15, -0.1) is 0 Å². The molecule has 0 aromatic heterocycles. The molecule has 1 heterocycles. The van der Waals surface area contributed by atoms with Crippen LogP contribution in [0.25, 0.3) is 0 Å². The maximum atomic E-state index is 13.6. The molecule has 0 spiro atoms. The van der Waals surface area contributed by atoms with Gasteiger partial charge in [0.25, 0.3) is 0 Å². The average molecular weight is 350 g/mol. The number of hydrogen-bond acceptors (Lipinski definition) is 2. The fourth-order valence-electron chi connectivity index (χ4n) is 3.79. The average Bonchev–Trinajstić information content (AvgIpc) is 3.27. The molecule has 3 rings (SSSR count). The van der Waals surface area contributed by atoms with Crippen molar-refractivity contribution in [3.63, 3.8) is 0 Å². The molecule has 136 valence electrons. The van der Waals surface area contributed by atoms with E-state index in [4.69, 9.17) is 0 Å². The van der Waals surface area contributed by atoms with E-state index in [2.05, 4.69) is 5.32 Å². The highest BCUT2D eigenvalue weighted by atomic mass is 19.1. The summed E-state index contributed by atoms with van der Waals surface area (Å²) < 4.78 is 26.7. The Morgan fingerprint density at radius 2 is 1.92 bits per heavy atom. The highest BCUT2D eigenvalue weighted by molar-refractivity contribution is 5.80. The second-order valence-electron chi connectivity index (χ2n) is 7.05. The molecule has 4 nitrogen and oxygen atoms in total. The molecule has 0 bridgehead atoms. The minimum absolute atomic E-state index is 0.0461. The minimum Gasteiger partial charge on any atom is -0.352 e. The number of carbonyl (C=O) groups excluding carboxylic acids is 2. The van der Waals surface area contributed by atoms with Gasteiger partial charge >= 0.3 is 0 Å². The van der Waals surface area contributed by atoms with Crippen molar-refractivity contribution in [3.05, 3.63) is 35.4 Å². The third-order valence-corrected chi connectivity index (χ3v) is 5.20. The standard InChI is InChI=1S/C19H24F2N2O2/c20-15-6-7-17(21)14(11-15)5-8-18(24)22-16-9-10-23(12-16)19(25)13-3-1-2-4-13/h6-7,11,13,16H,1-5,8-10,12H2,(H,22,24). The van der Waals surface area contributed by atoms with Gasteiger partial charge in [0.1, 0.15) is 11.6 Å². The zero-order valence-corrected chi connectivity index (χ0v) is 14.3. The molecule has 1 saturated carbocycles. The summed E-state index contributed by atoms with van der Waals surface area (Å²) in [6, 6.07) is 3.22. The molecule has 25 heavy (non-hydrogen) atoms. The Morgan fingerprint density at radius 3 is 2.68 bits per heavy atom. The van der Waals surface area contributed by atoms with Gasteiger partial charge in [-0.05, 0) is 49.4 Å². The minimum atomic E-state index is -0.506. The first kappa shape index (κ1) is 17.8. The van der Waals surface area contributed by atoms with Crippen LogP contribution in [0.4, 0.5) is 8.78 Å². The molecule has 1 atom stereocenters. The lowest BCUT2D eigenvalue weighted by Gasteiger charge is -2.20. The summed E-state index contributed by atoms with van der Waals surface area (Å²) >= 11 is 0. The highest BCUT2D eigenvalue weighted by Crippen LogP contribution is 2.27. The number of halogens is 2. The number of rotatable bonds is 5. The number of likely N-dealkylation sites (tertiary alicyclic amines) is 1. The number of hydrogen-bond donors (Lipinski definition) is 1. The van der Waals surface area contributed by atoms with Crippen LogP contribution in [0.15, 0.2) is 18.2 Å². The van der Waals surface area contributed by atoms with Gasteiger partial charge in [-0.3, -0.25) is 9.59 Å². The number of amides is 2. The third kappa shape index (κ3) is 4.55. The van der Waals surface area contributed by atoms with Gasteiger partial charge < -0.3 is 10.2 Å². The van der Waals surface area contributed by atoms with Gasteiger partial charge in [-0.1, -0.05) is 12.8 Å². The van der Waals surface area contributed by atoms with Gasteiger partial charge in [-0.2, -0.15) is 0 Å². The van der Waals surface area contributed by atoms with Crippen molar-refractivity contribution in [1.29, 1.82) is 0 Å². The summed E-state index contributed by atoms with van der Waals surface area (Å²) in [5.74, 6) is -0.817. The summed E-state index contributed by atoms with van der Waals surface area (Å²) in [5.41, 5.74) is 0.208. The fraction of sp³-hybridized carbons (Fsp3) is 0.579. The molecule has 2 amide bonds. The van der Waals surface area contributed by atoms with Crippen LogP contribution in [-0.2, 0) is 16.0 Å². The molecule has 0 radical (unpaired) electrons. The fourth-order valence-corrected chi connectivity index (χ4v) is 3.79. The Hall–Kier alpha value is -1.98. The SMILES string of the molecule is O=C(CCc1cc(F)ccc1F)NC1CCN(C(=O)C2CCCC2)C1. The van der Waals surface area contributed by atoms with Crippen LogP contribution in [0.5, 0.6) is 0 Å². The zero-order valence-electron chi connectivity index (χ0n) is 14.3. The molecule has 2 aliphatic rings. The van der Waals surface area contributed by atoms with Gasteiger partial charge in [0, 0.05) is 31.5 Å². The molecule has 6 heteroatoms. The second-order valence-corrected chi connectivity index (χ2v) is 7.05.